The second kappa shape index (κ2) is 12.8. The van der Waals surface area contributed by atoms with E-state index in [2.05, 4.69) is 5.32 Å². The van der Waals surface area contributed by atoms with Gasteiger partial charge in [-0.05, 0) is 54.6 Å². The number of nitrogens with one attached hydrogen (secondary N) is 1. The molecule has 38 heavy (non-hydrogen) atoms. The molecule has 0 saturated carbocycles. The van der Waals surface area contributed by atoms with Crippen LogP contribution in [0.25, 0.3) is 0 Å². The summed E-state index contributed by atoms with van der Waals surface area (Å²) in [6, 6.07) is 15.6. The minimum Gasteiger partial charge on any atom is -0.497 e. The average Bonchev–Trinajstić information content (AvgIpc) is 2.91. The van der Waals surface area contributed by atoms with E-state index in [0.29, 0.717) is 11.5 Å². The highest BCUT2D eigenvalue weighted by atomic mass is 35.5. The minimum absolute atomic E-state index is 0.0315. The third-order valence-corrected chi connectivity index (χ3v) is 5.59. The smallest absolute Gasteiger partial charge is 0.349 e. The van der Waals surface area contributed by atoms with E-state index in [9.17, 15) is 24.3 Å². The van der Waals surface area contributed by atoms with Gasteiger partial charge in [-0.15, -0.1) is 0 Å². The molecule has 3 aromatic rings. The zero-order valence-corrected chi connectivity index (χ0v) is 21.5. The number of aliphatic carboxylic acids is 1. The van der Waals surface area contributed by atoms with Gasteiger partial charge in [0.15, 0.2) is 0 Å². The first kappa shape index (κ1) is 28.3. The first-order valence-electron chi connectivity index (χ1n) is 10.8. The second-order valence-corrected chi connectivity index (χ2v) is 8.41. The van der Waals surface area contributed by atoms with Crippen molar-refractivity contribution in [2.45, 2.75) is 12.2 Å². The number of carboxylic acid groups (broad SMARTS) is 1. The molecule has 3 rings (SSSR count). The van der Waals surface area contributed by atoms with Gasteiger partial charge < -0.3 is 29.4 Å². The molecule has 3 aromatic carbocycles. The highest BCUT2D eigenvalue weighted by Crippen LogP contribution is 2.26. The summed E-state index contributed by atoms with van der Waals surface area (Å²) in [6.45, 7) is 0. The number of rotatable bonds is 10. The van der Waals surface area contributed by atoms with E-state index in [-0.39, 0.29) is 26.9 Å². The molecule has 198 valence electrons. The Morgan fingerprint density at radius 1 is 0.763 bits per heavy atom. The van der Waals surface area contributed by atoms with E-state index in [0.717, 1.165) is 0 Å². The number of benzene rings is 3. The molecule has 2 atom stereocenters. The summed E-state index contributed by atoms with van der Waals surface area (Å²) in [7, 11) is 2.76. The van der Waals surface area contributed by atoms with Gasteiger partial charge in [0, 0.05) is 5.02 Å². The highest BCUT2D eigenvalue weighted by Gasteiger charge is 2.41. The number of hydrogen-bond donors (Lipinski definition) is 2. The van der Waals surface area contributed by atoms with Crippen LogP contribution in [0.2, 0.25) is 10.0 Å². The molecule has 1 amide bonds. The molecule has 0 fully saturated rings. The quantitative estimate of drug-likeness (QED) is 0.343. The predicted molar refractivity (Wildman–Crippen MR) is 137 cm³/mol. The van der Waals surface area contributed by atoms with Crippen LogP contribution >= 0.6 is 23.2 Å². The van der Waals surface area contributed by atoms with Crippen molar-refractivity contribution in [1.29, 1.82) is 0 Å². The van der Waals surface area contributed by atoms with Crippen LogP contribution in [0.4, 0.5) is 5.69 Å². The molecule has 0 unspecified atom stereocenters. The molecule has 10 nitrogen and oxygen atoms in total. The molecule has 12 heteroatoms. The molecule has 0 aliphatic rings. The Hall–Kier alpha value is -4.28. The van der Waals surface area contributed by atoms with E-state index < -0.39 is 36.0 Å². The zero-order valence-electron chi connectivity index (χ0n) is 20.0. The van der Waals surface area contributed by atoms with Crippen LogP contribution < -0.4 is 14.8 Å². The molecular formula is C26H21Cl2NO9. The highest BCUT2D eigenvalue weighted by molar-refractivity contribution is 6.36. The van der Waals surface area contributed by atoms with E-state index in [1.165, 1.54) is 68.8 Å². The van der Waals surface area contributed by atoms with Gasteiger partial charge in [-0.3, -0.25) is 4.79 Å². The van der Waals surface area contributed by atoms with Gasteiger partial charge in [0.05, 0.1) is 36.1 Å². The number of amides is 1. The molecule has 0 radical (unpaired) electrons. The van der Waals surface area contributed by atoms with Crippen molar-refractivity contribution in [2.75, 3.05) is 19.5 Å². The average molecular weight is 562 g/mol. The Morgan fingerprint density at radius 3 is 1.76 bits per heavy atom. The number of esters is 2. The van der Waals surface area contributed by atoms with Gasteiger partial charge >= 0.3 is 17.9 Å². The molecule has 0 saturated heterocycles. The van der Waals surface area contributed by atoms with Crippen molar-refractivity contribution in [1.82, 2.24) is 0 Å². The number of ether oxygens (including phenoxy) is 4. The maximum Gasteiger partial charge on any atom is 0.349 e. The van der Waals surface area contributed by atoms with E-state index in [1.54, 1.807) is 12.1 Å². The summed E-state index contributed by atoms with van der Waals surface area (Å²) in [4.78, 5) is 51.1. The van der Waals surface area contributed by atoms with Gasteiger partial charge in [0.2, 0.25) is 12.2 Å². The van der Waals surface area contributed by atoms with Gasteiger partial charge in [-0.25, -0.2) is 14.4 Å². The van der Waals surface area contributed by atoms with Crippen LogP contribution in [0.15, 0.2) is 66.7 Å². The summed E-state index contributed by atoms with van der Waals surface area (Å²) < 4.78 is 20.6. The maximum absolute atomic E-state index is 13.2. The Kier molecular flexibility index (Phi) is 9.53. The SMILES string of the molecule is COc1cccc(C(=O)O[C@H](C(=O)O)[C@H](OC(=O)c2cccc(OC)c2)C(=O)Nc2ccc(Cl)cc2Cl)c1. The lowest BCUT2D eigenvalue weighted by Crippen LogP contribution is -2.48. The Bertz CT molecular complexity index is 1360. The molecule has 0 aromatic heterocycles. The topological polar surface area (TPSA) is 137 Å². The molecule has 0 bridgehead atoms. The van der Waals surface area contributed by atoms with Crippen molar-refractivity contribution in [2.24, 2.45) is 0 Å². The first-order valence-corrected chi connectivity index (χ1v) is 11.6. The van der Waals surface area contributed by atoms with Crippen molar-refractivity contribution in [3.63, 3.8) is 0 Å². The van der Waals surface area contributed by atoms with E-state index in [1.807, 2.05) is 0 Å². The Labute approximate surface area is 227 Å². The second-order valence-electron chi connectivity index (χ2n) is 7.57. The third kappa shape index (κ3) is 7.15. The summed E-state index contributed by atoms with van der Waals surface area (Å²) >= 11 is 12.0. The summed E-state index contributed by atoms with van der Waals surface area (Å²) in [5.74, 6) is -4.43. The van der Waals surface area contributed by atoms with E-state index in [4.69, 9.17) is 42.1 Å². The van der Waals surface area contributed by atoms with Gasteiger partial charge in [0.25, 0.3) is 5.91 Å². The van der Waals surface area contributed by atoms with Crippen LogP contribution in [0.1, 0.15) is 20.7 Å². The van der Waals surface area contributed by atoms with E-state index >= 15 is 0 Å². The van der Waals surface area contributed by atoms with Gasteiger partial charge in [-0.1, -0.05) is 35.3 Å². The first-order chi connectivity index (χ1) is 18.1. The molecule has 0 aliphatic heterocycles. The van der Waals surface area contributed by atoms with Crippen LogP contribution in [0, 0.1) is 0 Å². The normalized spacial score (nSPS) is 12.0. The molecule has 0 aliphatic carbocycles. The Balaban J connectivity index is 1.95. The van der Waals surface area contributed by atoms with Crippen molar-refractivity contribution < 1.29 is 43.2 Å². The fraction of sp³-hybridized carbons (Fsp3) is 0.154. The maximum atomic E-state index is 13.2. The minimum atomic E-state index is -2.24. The summed E-state index contributed by atoms with van der Waals surface area (Å²) in [5, 5.41) is 12.6. The fourth-order valence-electron chi connectivity index (χ4n) is 3.16. The largest absolute Gasteiger partial charge is 0.497 e. The predicted octanol–water partition coefficient (Wildman–Crippen LogP) is 4.48. The van der Waals surface area contributed by atoms with Gasteiger partial charge in [-0.2, -0.15) is 0 Å². The molecular weight excluding hydrogens is 541 g/mol. The number of carbonyl (C=O) groups excluding carboxylic acids is 3. The lowest BCUT2D eigenvalue weighted by atomic mass is 10.1. The van der Waals surface area contributed by atoms with Crippen LogP contribution in [-0.4, -0.2) is 55.3 Å². The zero-order chi connectivity index (χ0) is 27.8. The lowest BCUT2D eigenvalue weighted by Gasteiger charge is -2.24. The van der Waals surface area contributed by atoms with Gasteiger partial charge in [0.1, 0.15) is 11.5 Å². The number of halogens is 2. The van der Waals surface area contributed by atoms with Crippen LogP contribution in [-0.2, 0) is 19.1 Å². The van der Waals surface area contributed by atoms with Crippen molar-refractivity contribution in [3.8, 4) is 11.5 Å². The monoisotopic (exact) mass is 561 g/mol. The van der Waals surface area contributed by atoms with Crippen molar-refractivity contribution >= 4 is 52.7 Å². The summed E-state index contributed by atoms with van der Waals surface area (Å²) in [5.41, 5.74) is -0.0590. The Morgan fingerprint density at radius 2 is 1.29 bits per heavy atom. The fourth-order valence-corrected chi connectivity index (χ4v) is 3.61. The number of methoxy groups -OCH3 is 2. The standard InChI is InChI=1S/C26H21Cl2NO9/c1-35-17-7-3-5-14(11-17)25(33)37-21(23(30)29-20-10-9-16(27)13-19(20)28)22(24(31)32)38-26(34)15-6-4-8-18(12-15)36-2/h3-13,21-22H,1-2H3,(H,29,30)(H,31,32)/t21-,22-/m0/s1. The molecule has 2 N–H and O–H groups in total. The number of carbonyl (C=O) groups is 4. The number of anilines is 1. The lowest BCUT2D eigenvalue weighted by molar-refractivity contribution is -0.157. The third-order valence-electron chi connectivity index (χ3n) is 5.04. The number of hydrogen-bond acceptors (Lipinski definition) is 8. The number of carboxylic acids is 1. The van der Waals surface area contributed by atoms with Crippen LogP contribution in [0.3, 0.4) is 0 Å². The molecule has 0 spiro atoms. The summed E-state index contributed by atoms with van der Waals surface area (Å²) in [6.07, 6.45) is -4.37. The van der Waals surface area contributed by atoms with Crippen LogP contribution in [0.5, 0.6) is 11.5 Å². The molecule has 0 heterocycles. The van der Waals surface area contributed by atoms with Crippen molar-refractivity contribution in [3.05, 3.63) is 87.9 Å².